The van der Waals surface area contributed by atoms with Crippen LogP contribution in [0.1, 0.15) is 57.9 Å². The third-order valence-corrected chi connectivity index (χ3v) is 8.73. The van der Waals surface area contributed by atoms with Crippen LogP contribution < -0.4 is 15.3 Å². The molecule has 1 aromatic carbocycles. The molecule has 14 heteroatoms. The molecule has 3 aromatic rings. The first-order valence-corrected chi connectivity index (χ1v) is 14.9. The number of nitrogens with one attached hydrogen (secondary N) is 1. The van der Waals surface area contributed by atoms with Crippen LogP contribution in [0.3, 0.4) is 0 Å². The number of carbonyl (C=O) groups excluding carboxylic acids is 1. The van der Waals surface area contributed by atoms with E-state index in [-0.39, 0.29) is 23.7 Å². The Hall–Kier alpha value is -2.76. The highest BCUT2D eigenvalue weighted by Gasteiger charge is 2.42. The molecule has 5 rings (SSSR count). The van der Waals surface area contributed by atoms with Crippen LogP contribution in [0.15, 0.2) is 30.6 Å². The van der Waals surface area contributed by atoms with Crippen LogP contribution in [0, 0.1) is 12.8 Å². The highest BCUT2D eigenvalue weighted by atomic mass is 35.5. The molecule has 1 aliphatic heterocycles. The van der Waals surface area contributed by atoms with Gasteiger partial charge in [0.1, 0.15) is 29.6 Å². The fraction of sp³-hybridized carbons (Fsp3) is 0.520. The van der Waals surface area contributed by atoms with E-state index in [2.05, 4.69) is 20.0 Å². The Labute approximate surface area is 231 Å². The Balaban J connectivity index is 1.34. The van der Waals surface area contributed by atoms with E-state index in [1.165, 1.54) is 0 Å². The second-order valence-electron chi connectivity index (χ2n) is 10.0. The fourth-order valence-corrected chi connectivity index (χ4v) is 6.57. The van der Waals surface area contributed by atoms with Crippen molar-refractivity contribution in [2.75, 3.05) is 5.73 Å². The zero-order valence-electron chi connectivity index (χ0n) is 21.9. The zero-order valence-corrected chi connectivity index (χ0v) is 23.6. The molecule has 1 aliphatic carbocycles. The smallest absolute Gasteiger partial charge is 0.461 e. The van der Waals surface area contributed by atoms with Gasteiger partial charge >= 0.3 is 13.7 Å². The molecule has 3 N–H and O–H groups in total. The van der Waals surface area contributed by atoms with Crippen molar-refractivity contribution < 1.29 is 27.9 Å². The maximum atomic E-state index is 14.0. The van der Waals surface area contributed by atoms with Crippen molar-refractivity contribution in [3.63, 3.8) is 0 Å². The number of nitrogens with two attached hydrogens (primary N) is 1. The molecule has 1 saturated carbocycles. The number of aryl methyl sites for hydroxylation is 1. The first kappa shape index (κ1) is 27.8. The molecule has 0 spiro atoms. The number of carbonyl (C=O) groups is 1. The molecular weight excluding hydrogens is 547 g/mol. The van der Waals surface area contributed by atoms with Crippen molar-refractivity contribution in [1.82, 2.24) is 24.6 Å². The van der Waals surface area contributed by atoms with Gasteiger partial charge in [-0.2, -0.15) is 10.1 Å². The number of esters is 1. The molecule has 5 atom stereocenters. The largest absolute Gasteiger partial charge is 0.461 e. The topological polar surface area (TPSA) is 153 Å². The number of halogens is 1. The standard InChI is InChI=1S/C25H32ClN6O6P/c1-14-12-20(36-23(14)32-13-28-21-15(2)29-25(27)30-22(21)32)38-39(34,37-19-10-8-17(26)9-11-19)31-16(3)24(33)35-18-6-4-5-7-18/h8-11,13-14,16,18,20,23H,4-7,12H2,1-3H3,(H,31,34)(H2,27,29,30). The molecule has 1 saturated heterocycles. The molecule has 210 valence electrons. The third kappa shape index (κ3) is 6.36. The van der Waals surface area contributed by atoms with Gasteiger partial charge < -0.3 is 19.7 Å². The Bertz CT molecular complexity index is 1380. The molecule has 2 fully saturated rings. The first-order chi connectivity index (χ1) is 18.6. The number of anilines is 1. The lowest BCUT2D eigenvalue weighted by Gasteiger charge is -2.26. The van der Waals surface area contributed by atoms with E-state index in [1.807, 2.05) is 6.92 Å². The molecule has 0 bridgehead atoms. The van der Waals surface area contributed by atoms with E-state index in [0.29, 0.717) is 28.3 Å². The lowest BCUT2D eigenvalue weighted by atomic mass is 10.1. The van der Waals surface area contributed by atoms with E-state index in [1.54, 1.807) is 49.0 Å². The number of ether oxygens (including phenoxy) is 2. The number of hydrogen-bond donors (Lipinski definition) is 2. The van der Waals surface area contributed by atoms with E-state index in [4.69, 9.17) is 35.9 Å². The van der Waals surface area contributed by atoms with Crippen LogP contribution in [-0.2, 0) is 23.4 Å². The van der Waals surface area contributed by atoms with Crippen LogP contribution in [0.5, 0.6) is 5.75 Å². The molecular formula is C25H32ClN6O6P. The van der Waals surface area contributed by atoms with E-state index in [0.717, 1.165) is 25.7 Å². The fourth-order valence-electron chi connectivity index (χ4n) is 4.87. The highest BCUT2D eigenvalue weighted by Crippen LogP contribution is 2.50. The third-order valence-electron chi connectivity index (χ3n) is 6.82. The minimum atomic E-state index is -4.14. The summed E-state index contributed by atoms with van der Waals surface area (Å²) < 4.78 is 39.3. The Morgan fingerprint density at radius 2 is 1.97 bits per heavy atom. The molecule has 2 aliphatic rings. The van der Waals surface area contributed by atoms with Gasteiger partial charge in [-0.1, -0.05) is 18.5 Å². The van der Waals surface area contributed by atoms with Crippen LogP contribution in [-0.4, -0.2) is 43.9 Å². The second-order valence-corrected chi connectivity index (χ2v) is 12.1. The van der Waals surface area contributed by atoms with Gasteiger partial charge in [-0.15, -0.1) is 0 Å². The normalized spacial score (nSPS) is 24.1. The molecule has 3 heterocycles. The summed E-state index contributed by atoms with van der Waals surface area (Å²) in [6.45, 7) is 5.33. The van der Waals surface area contributed by atoms with Crippen LogP contribution in [0.25, 0.3) is 11.2 Å². The highest BCUT2D eigenvalue weighted by molar-refractivity contribution is 7.52. The Morgan fingerprint density at radius 3 is 2.69 bits per heavy atom. The van der Waals surface area contributed by atoms with Crippen LogP contribution in [0.2, 0.25) is 5.02 Å². The number of nitrogen functional groups attached to an aromatic ring is 1. The maximum absolute atomic E-state index is 14.0. The summed E-state index contributed by atoms with van der Waals surface area (Å²) in [5.41, 5.74) is 7.65. The van der Waals surface area contributed by atoms with Gasteiger partial charge in [-0.05, 0) is 63.8 Å². The number of hydrogen-bond acceptors (Lipinski definition) is 10. The summed E-state index contributed by atoms with van der Waals surface area (Å²) in [5, 5.41) is 3.22. The molecule has 0 amide bonds. The van der Waals surface area contributed by atoms with Crippen molar-refractivity contribution >= 4 is 42.4 Å². The number of rotatable bonds is 9. The van der Waals surface area contributed by atoms with Crippen LogP contribution >= 0.6 is 19.3 Å². The second kappa shape index (κ2) is 11.4. The SMILES string of the molecule is Cc1nc(N)nc2c1ncn2C1OC(OP(=O)(NC(C)C(=O)OC2CCCC2)Oc2ccc(Cl)cc2)CC1C. The van der Waals surface area contributed by atoms with E-state index < -0.39 is 32.3 Å². The molecule has 39 heavy (non-hydrogen) atoms. The monoisotopic (exact) mass is 578 g/mol. The number of benzene rings is 1. The summed E-state index contributed by atoms with van der Waals surface area (Å²) in [6, 6.07) is 5.36. The quantitative estimate of drug-likeness (QED) is 0.263. The van der Waals surface area contributed by atoms with Crippen molar-refractivity contribution in [2.24, 2.45) is 5.92 Å². The lowest BCUT2D eigenvalue weighted by Crippen LogP contribution is -2.37. The van der Waals surface area contributed by atoms with Gasteiger partial charge in [0.15, 0.2) is 11.9 Å². The summed E-state index contributed by atoms with van der Waals surface area (Å²) >= 11 is 5.99. The maximum Gasteiger partial charge on any atom is 0.461 e. The average Bonchev–Trinajstić information content (AvgIpc) is 3.61. The zero-order chi connectivity index (χ0) is 27.7. The van der Waals surface area contributed by atoms with Crippen LogP contribution in [0.4, 0.5) is 5.95 Å². The van der Waals surface area contributed by atoms with Gasteiger partial charge in [0.05, 0.1) is 12.0 Å². The van der Waals surface area contributed by atoms with E-state index >= 15 is 0 Å². The minimum absolute atomic E-state index is 0.0716. The minimum Gasteiger partial charge on any atom is -0.461 e. The predicted molar refractivity (Wildman–Crippen MR) is 144 cm³/mol. The number of aromatic nitrogens is 4. The summed E-state index contributed by atoms with van der Waals surface area (Å²) in [4.78, 5) is 25.7. The molecule has 0 radical (unpaired) electrons. The summed E-state index contributed by atoms with van der Waals surface area (Å²) in [5.74, 6) is -0.222. The van der Waals surface area contributed by atoms with Crippen molar-refractivity contribution in [3.05, 3.63) is 41.3 Å². The number of fused-ring (bicyclic) bond motifs is 1. The first-order valence-electron chi connectivity index (χ1n) is 12.9. The van der Waals surface area contributed by atoms with E-state index in [9.17, 15) is 9.36 Å². The summed E-state index contributed by atoms with van der Waals surface area (Å²) in [6.07, 6.45) is 4.09. The number of imidazole rings is 1. The summed E-state index contributed by atoms with van der Waals surface area (Å²) in [7, 11) is -4.14. The van der Waals surface area contributed by atoms with Gasteiger partial charge in [-0.25, -0.2) is 14.5 Å². The Morgan fingerprint density at radius 1 is 1.26 bits per heavy atom. The van der Waals surface area contributed by atoms with Gasteiger partial charge in [0.25, 0.3) is 0 Å². The molecule has 5 unspecified atom stereocenters. The molecule has 2 aromatic heterocycles. The average molecular weight is 579 g/mol. The van der Waals surface area contributed by atoms with Crippen molar-refractivity contribution in [1.29, 1.82) is 0 Å². The van der Waals surface area contributed by atoms with Crippen molar-refractivity contribution in [3.8, 4) is 5.75 Å². The van der Waals surface area contributed by atoms with Crippen molar-refractivity contribution in [2.45, 2.75) is 77.5 Å². The molecule has 12 nitrogen and oxygen atoms in total. The number of nitrogens with zero attached hydrogens (tertiary/aromatic N) is 4. The van der Waals surface area contributed by atoms with Gasteiger partial charge in [0, 0.05) is 17.4 Å². The lowest BCUT2D eigenvalue weighted by molar-refractivity contribution is -0.150. The predicted octanol–water partition coefficient (Wildman–Crippen LogP) is 4.92. The Kier molecular flexibility index (Phi) is 8.11. The van der Waals surface area contributed by atoms with Gasteiger partial charge in [-0.3, -0.25) is 13.9 Å². The van der Waals surface area contributed by atoms with Gasteiger partial charge in [0.2, 0.25) is 5.95 Å².